The highest BCUT2D eigenvalue weighted by Crippen LogP contribution is 2.22. The van der Waals surface area contributed by atoms with E-state index in [9.17, 15) is 14.4 Å². The summed E-state index contributed by atoms with van der Waals surface area (Å²) in [5.74, 6) is 1.24. The van der Waals surface area contributed by atoms with Gasteiger partial charge in [-0.1, -0.05) is 32.9 Å². The van der Waals surface area contributed by atoms with E-state index in [2.05, 4.69) is 15.1 Å². The van der Waals surface area contributed by atoms with Crippen LogP contribution in [0.25, 0.3) is 11.4 Å². The SMILES string of the molecule is CCOc1ccc(-c2noc(CCC(=O)N(CC(C)C)c3c(N)n(CC(C)C)c(=O)[nH]c3=O)n2)cc1. The molecule has 3 aromatic rings. The summed E-state index contributed by atoms with van der Waals surface area (Å²) < 4.78 is 12.1. The predicted octanol–water partition coefficient (Wildman–Crippen LogP) is 2.85. The van der Waals surface area contributed by atoms with Gasteiger partial charge in [-0.15, -0.1) is 0 Å². The van der Waals surface area contributed by atoms with Crippen molar-refractivity contribution in [1.29, 1.82) is 0 Å². The van der Waals surface area contributed by atoms with Crippen LogP contribution in [0.2, 0.25) is 0 Å². The third-order valence-electron chi connectivity index (χ3n) is 5.32. The van der Waals surface area contributed by atoms with E-state index in [-0.39, 0.29) is 48.6 Å². The minimum atomic E-state index is -0.693. The lowest BCUT2D eigenvalue weighted by Gasteiger charge is -2.26. The van der Waals surface area contributed by atoms with Gasteiger partial charge in [-0.2, -0.15) is 4.98 Å². The molecule has 3 N–H and O–H groups in total. The van der Waals surface area contributed by atoms with Crippen molar-refractivity contribution in [2.75, 3.05) is 23.8 Å². The third kappa shape index (κ3) is 6.41. The lowest BCUT2D eigenvalue weighted by molar-refractivity contribution is -0.118. The van der Waals surface area contributed by atoms with Crippen LogP contribution in [-0.4, -0.2) is 38.8 Å². The number of ether oxygens (including phenoxy) is 1. The second kappa shape index (κ2) is 11.7. The summed E-state index contributed by atoms with van der Waals surface area (Å²) in [7, 11) is 0. The van der Waals surface area contributed by atoms with Crippen molar-refractivity contribution in [3.63, 3.8) is 0 Å². The summed E-state index contributed by atoms with van der Waals surface area (Å²) in [6, 6.07) is 7.30. The van der Waals surface area contributed by atoms with E-state index in [1.54, 1.807) is 0 Å². The second-order valence-electron chi connectivity index (χ2n) is 9.36. The van der Waals surface area contributed by atoms with E-state index in [0.29, 0.717) is 24.9 Å². The number of aromatic amines is 1. The molecule has 0 unspecified atom stereocenters. The zero-order valence-electron chi connectivity index (χ0n) is 21.4. The number of anilines is 2. The highest BCUT2D eigenvalue weighted by atomic mass is 16.5. The molecule has 0 aliphatic carbocycles. The fourth-order valence-electron chi connectivity index (χ4n) is 3.76. The fraction of sp³-hybridized carbons (Fsp3) is 0.480. The van der Waals surface area contributed by atoms with Crippen LogP contribution in [0.3, 0.4) is 0 Å². The molecular formula is C25H34N6O5. The summed E-state index contributed by atoms with van der Waals surface area (Å²) in [5.41, 5.74) is 5.70. The number of nitrogens with one attached hydrogen (secondary N) is 1. The quantitative estimate of drug-likeness (QED) is 0.410. The summed E-state index contributed by atoms with van der Waals surface area (Å²) in [6.07, 6.45) is 0.195. The molecule has 36 heavy (non-hydrogen) atoms. The van der Waals surface area contributed by atoms with Gasteiger partial charge >= 0.3 is 5.69 Å². The predicted molar refractivity (Wildman–Crippen MR) is 137 cm³/mol. The van der Waals surface area contributed by atoms with Crippen molar-refractivity contribution < 1.29 is 14.1 Å². The molecule has 0 saturated carbocycles. The molecule has 11 nitrogen and oxygen atoms in total. The van der Waals surface area contributed by atoms with Crippen molar-refractivity contribution in [2.45, 2.75) is 54.0 Å². The van der Waals surface area contributed by atoms with Gasteiger partial charge in [0.05, 0.1) is 6.61 Å². The number of carbonyl (C=O) groups is 1. The summed E-state index contributed by atoms with van der Waals surface area (Å²) >= 11 is 0. The molecule has 0 atom stereocenters. The van der Waals surface area contributed by atoms with Gasteiger partial charge in [0.15, 0.2) is 5.69 Å². The van der Waals surface area contributed by atoms with Crippen LogP contribution in [0, 0.1) is 11.8 Å². The first-order chi connectivity index (χ1) is 17.1. The maximum absolute atomic E-state index is 13.3. The molecule has 2 aromatic heterocycles. The summed E-state index contributed by atoms with van der Waals surface area (Å²) in [5, 5.41) is 4.00. The summed E-state index contributed by atoms with van der Waals surface area (Å²) in [4.78, 5) is 46.4. The number of aryl methyl sites for hydroxylation is 1. The van der Waals surface area contributed by atoms with Crippen molar-refractivity contribution in [1.82, 2.24) is 19.7 Å². The normalized spacial score (nSPS) is 11.3. The minimum absolute atomic E-state index is 0.0137. The molecule has 0 aliphatic heterocycles. The standard InChI is InChI=1S/C25H34N6O5/c1-6-35-18-9-7-17(8-10-18)23-27-19(36-29-23)11-12-20(32)30(13-15(2)3)21-22(26)31(14-16(4)5)25(34)28-24(21)33/h7-10,15-16H,6,11-14,26H2,1-5H3,(H,28,33,34). The van der Waals surface area contributed by atoms with Gasteiger partial charge in [0.2, 0.25) is 17.6 Å². The van der Waals surface area contributed by atoms with Crippen molar-refractivity contribution >= 4 is 17.4 Å². The van der Waals surface area contributed by atoms with Gasteiger partial charge in [0.1, 0.15) is 11.6 Å². The Morgan fingerprint density at radius 3 is 2.47 bits per heavy atom. The molecule has 0 aliphatic rings. The van der Waals surface area contributed by atoms with Crippen LogP contribution >= 0.6 is 0 Å². The molecule has 0 saturated heterocycles. The van der Waals surface area contributed by atoms with E-state index in [1.165, 1.54) is 9.47 Å². The number of hydrogen-bond donors (Lipinski definition) is 2. The van der Waals surface area contributed by atoms with Gasteiger partial charge in [-0.05, 0) is 43.0 Å². The topological polar surface area (TPSA) is 149 Å². The van der Waals surface area contributed by atoms with Crippen LogP contribution in [0.15, 0.2) is 38.4 Å². The van der Waals surface area contributed by atoms with E-state index in [1.807, 2.05) is 58.9 Å². The zero-order chi connectivity index (χ0) is 26.4. The maximum Gasteiger partial charge on any atom is 0.330 e. The fourth-order valence-corrected chi connectivity index (χ4v) is 3.76. The maximum atomic E-state index is 13.3. The third-order valence-corrected chi connectivity index (χ3v) is 5.32. The molecule has 3 rings (SSSR count). The molecule has 0 spiro atoms. The molecule has 0 fully saturated rings. The highest BCUT2D eigenvalue weighted by molar-refractivity contribution is 5.95. The largest absolute Gasteiger partial charge is 0.494 e. The number of benzene rings is 1. The smallest absolute Gasteiger partial charge is 0.330 e. The average Bonchev–Trinajstić information content (AvgIpc) is 3.29. The Morgan fingerprint density at radius 2 is 1.86 bits per heavy atom. The Kier molecular flexibility index (Phi) is 8.68. The molecule has 0 radical (unpaired) electrons. The highest BCUT2D eigenvalue weighted by Gasteiger charge is 2.25. The number of hydrogen-bond acceptors (Lipinski definition) is 8. The minimum Gasteiger partial charge on any atom is -0.494 e. The first kappa shape index (κ1) is 26.7. The van der Waals surface area contributed by atoms with Crippen molar-refractivity contribution in [3.8, 4) is 17.1 Å². The van der Waals surface area contributed by atoms with Gasteiger partial charge in [-0.3, -0.25) is 19.1 Å². The van der Waals surface area contributed by atoms with Crippen molar-refractivity contribution in [3.05, 3.63) is 51.0 Å². The van der Waals surface area contributed by atoms with Crippen LogP contribution in [-0.2, 0) is 17.8 Å². The molecule has 1 aromatic carbocycles. The van der Waals surface area contributed by atoms with Crippen LogP contribution in [0.4, 0.5) is 11.5 Å². The van der Waals surface area contributed by atoms with Crippen LogP contribution in [0.5, 0.6) is 5.75 Å². The lowest BCUT2D eigenvalue weighted by atomic mass is 10.1. The molecule has 2 heterocycles. The number of H-pyrrole nitrogens is 1. The van der Waals surface area contributed by atoms with E-state index >= 15 is 0 Å². The van der Waals surface area contributed by atoms with E-state index in [4.69, 9.17) is 15.0 Å². The Labute approximate surface area is 209 Å². The summed E-state index contributed by atoms with van der Waals surface area (Å²) in [6.45, 7) is 10.8. The number of nitrogens with zero attached hydrogens (tertiary/aromatic N) is 4. The molecular weight excluding hydrogens is 464 g/mol. The number of carbonyl (C=O) groups excluding carboxylic acids is 1. The second-order valence-corrected chi connectivity index (χ2v) is 9.36. The van der Waals surface area contributed by atoms with Gasteiger partial charge < -0.3 is 19.9 Å². The number of rotatable bonds is 11. The van der Waals surface area contributed by atoms with E-state index < -0.39 is 11.2 Å². The Balaban J connectivity index is 1.80. The molecule has 194 valence electrons. The zero-order valence-corrected chi connectivity index (χ0v) is 21.4. The average molecular weight is 499 g/mol. The molecule has 0 bridgehead atoms. The Morgan fingerprint density at radius 1 is 1.17 bits per heavy atom. The number of aromatic nitrogens is 4. The Bertz CT molecular complexity index is 1290. The van der Waals surface area contributed by atoms with Gasteiger partial charge in [0.25, 0.3) is 5.56 Å². The van der Waals surface area contributed by atoms with Crippen LogP contribution < -0.4 is 26.6 Å². The van der Waals surface area contributed by atoms with Crippen molar-refractivity contribution in [2.24, 2.45) is 11.8 Å². The monoisotopic (exact) mass is 498 g/mol. The van der Waals surface area contributed by atoms with Gasteiger partial charge in [0, 0.05) is 31.5 Å². The molecule has 11 heteroatoms. The van der Waals surface area contributed by atoms with Gasteiger partial charge in [-0.25, -0.2) is 4.79 Å². The Hall–Kier alpha value is -3.89. The molecule has 1 amide bonds. The number of nitrogen functional groups attached to an aromatic ring is 1. The van der Waals surface area contributed by atoms with Crippen LogP contribution in [0.1, 0.15) is 46.9 Å². The number of amides is 1. The lowest BCUT2D eigenvalue weighted by Crippen LogP contribution is -2.43. The first-order valence-electron chi connectivity index (χ1n) is 12.1. The van der Waals surface area contributed by atoms with E-state index in [0.717, 1.165) is 11.3 Å². The number of nitrogens with two attached hydrogens (primary N) is 1. The first-order valence-corrected chi connectivity index (χ1v) is 12.1.